The first kappa shape index (κ1) is 18.5. The Kier molecular flexibility index (Phi) is 5.65. The van der Waals surface area contributed by atoms with Crippen molar-refractivity contribution in [2.75, 3.05) is 0 Å². The molecule has 0 fully saturated rings. The number of hydrogen-bond donors (Lipinski definition) is 1. The second-order valence-corrected chi connectivity index (χ2v) is 7.45. The van der Waals surface area contributed by atoms with Gasteiger partial charge in [-0.3, -0.25) is 4.79 Å². The third-order valence-corrected chi connectivity index (χ3v) is 5.12. The molecule has 0 saturated heterocycles. The molecular weight excluding hydrogens is 322 g/mol. The molecule has 2 aromatic rings. The van der Waals surface area contributed by atoms with Crippen LogP contribution in [-0.2, 0) is 17.6 Å². The molecule has 0 unspecified atom stereocenters. The van der Waals surface area contributed by atoms with E-state index in [0.29, 0.717) is 6.42 Å². The second-order valence-electron chi connectivity index (χ2n) is 7.45. The molecule has 0 heterocycles. The van der Waals surface area contributed by atoms with Crippen LogP contribution in [0.15, 0.2) is 36.4 Å². The molecule has 3 heteroatoms. The van der Waals surface area contributed by atoms with Gasteiger partial charge in [0.05, 0.1) is 6.04 Å². The van der Waals surface area contributed by atoms with E-state index in [9.17, 15) is 4.79 Å². The SMILES string of the molecule is CC[C@H](Oc1cc(C)cc(C)c1)C(=O)N[C@@H](C)c1ccc2c(c1)CCC2. The van der Waals surface area contributed by atoms with Crippen molar-refractivity contribution in [3.05, 3.63) is 64.2 Å². The van der Waals surface area contributed by atoms with E-state index in [4.69, 9.17) is 4.74 Å². The van der Waals surface area contributed by atoms with Crippen LogP contribution in [0.25, 0.3) is 0 Å². The molecule has 1 amide bonds. The first-order chi connectivity index (χ1) is 12.5. The van der Waals surface area contributed by atoms with Gasteiger partial charge in [0.15, 0.2) is 6.10 Å². The van der Waals surface area contributed by atoms with Crippen LogP contribution in [0.2, 0.25) is 0 Å². The molecule has 2 atom stereocenters. The van der Waals surface area contributed by atoms with Crippen molar-refractivity contribution in [3.8, 4) is 5.75 Å². The quantitative estimate of drug-likeness (QED) is 0.810. The second kappa shape index (κ2) is 7.94. The Bertz CT molecular complexity index is 777. The molecule has 0 aromatic heterocycles. The summed E-state index contributed by atoms with van der Waals surface area (Å²) in [5, 5.41) is 3.12. The summed E-state index contributed by atoms with van der Waals surface area (Å²) in [4.78, 5) is 12.7. The molecule has 2 aromatic carbocycles. The number of hydrogen-bond acceptors (Lipinski definition) is 2. The first-order valence-electron chi connectivity index (χ1n) is 9.63. The zero-order valence-electron chi connectivity index (χ0n) is 16.3. The van der Waals surface area contributed by atoms with Gasteiger partial charge in [-0.1, -0.05) is 31.2 Å². The van der Waals surface area contributed by atoms with Gasteiger partial charge in [-0.25, -0.2) is 0 Å². The maximum Gasteiger partial charge on any atom is 0.261 e. The predicted octanol–water partition coefficient (Wildman–Crippen LogP) is 4.83. The summed E-state index contributed by atoms with van der Waals surface area (Å²) in [6, 6.07) is 12.6. The number of benzene rings is 2. The lowest BCUT2D eigenvalue weighted by atomic mass is 10.0. The van der Waals surface area contributed by atoms with Crippen LogP contribution < -0.4 is 10.1 Å². The number of nitrogens with one attached hydrogen (secondary N) is 1. The van der Waals surface area contributed by atoms with E-state index < -0.39 is 6.10 Å². The molecule has 0 aliphatic heterocycles. The van der Waals surface area contributed by atoms with Crippen molar-refractivity contribution >= 4 is 5.91 Å². The van der Waals surface area contributed by atoms with Gasteiger partial charge in [0, 0.05) is 0 Å². The largest absolute Gasteiger partial charge is 0.481 e. The van der Waals surface area contributed by atoms with Crippen LogP contribution in [-0.4, -0.2) is 12.0 Å². The fraction of sp³-hybridized carbons (Fsp3) is 0.435. The summed E-state index contributed by atoms with van der Waals surface area (Å²) in [5.41, 5.74) is 6.34. The summed E-state index contributed by atoms with van der Waals surface area (Å²) in [6.07, 6.45) is 3.72. The molecule has 138 valence electrons. The van der Waals surface area contributed by atoms with Crippen LogP contribution in [0, 0.1) is 13.8 Å². The average molecular weight is 351 g/mol. The Labute approximate surface area is 156 Å². The maximum atomic E-state index is 12.7. The molecule has 1 aliphatic rings. The fourth-order valence-corrected chi connectivity index (χ4v) is 3.74. The summed E-state index contributed by atoms with van der Waals surface area (Å²) in [6.45, 7) is 8.10. The lowest BCUT2D eigenvalue weighted by Crippen LogP contribution is -2.39. The molecule has 1 N–H and O–H groups in total. The first-order valence-corrected chi connectivity index (χ1v) is 9.63. The van der Waals surface area contributed by atoms with Gasteiger partial charge in [0.1, 0.15) is 5.75 Å². The molecular formula is C23H29NO2. The fourth-order valence-electron chi connectivity index (χ4n) is 3.74. The Hall–Kier alpha value is -2.29. The Morgan fingerprint density at radius 2 is 1.77 bits per heavy atom. The van der Waals surface area contributed by atoms with Gasteiger partial charge >= 0.3 is 0 Å². The molecule has 3 nitrogen and oxygen atoms in total. The van der Waals surface area contributed by atoms with Crippen molar-refractivity contribution in [2.24, 2.45) is 0 Å². The standard InChI is InChI=1S/C23H29NO2/c1-5-22(26-21-12-15(2)11-16(3)13-21)23(25)24-17(4)19-10-9-18-7-6-8-20(18)14-19/h9-14,17,22H,5-8H2,1-4H3,(H,24,25)/t17-,22-/m0/s1. The minimum Gasteiger partial charge on any atom is -0.481 e. The van der Waals surface area contributed by atoms with Crippen LogP contribution in [0.3, 0.4) is 0 Å². The van der Waals surface area contributed by atoms with E-state index >= 15 is 0 Å². The monoisotopic (exact) mass is 351 g/mol. The van der Waals surface area contributed by atoms with E-state index in [2.05, 4.69) is 29.6 Å². The summed E-state index contributed by atoms with van der Waals surface area (Å²) >= 11 is 0. The van der Waals surface area contributed by atoms with Crippen LogP contribution in [0.5, 0.6) is 5.75 Å². The molecule has 0 bridgehead atoms. The van der Waals surface area contributed by atoms with Gasteiger partial charge in [0.25, 0.3) is 5.91 Å². The highest BCUT2D eigenvalue weighted by Gasteiger charge is 2.21. The molecule has 0 saturated carbocycles. The lowest BCUT2D eigenvalue weighted by molar-refractivity contribution is -0.128. The van der Waals surface area contributed by atoms with E-state index in [0.717, 1.165) is 23.3 Å². The Morgan fingerprint density at radius 3 is 2.46 bits per heavy atom. The molecule has 0 radical (unpaired) electrons. The van der Waals surface area contributed by atoms with Crippen molar-refractivity contribution in [1.82, 2.24) is 5.32 Å². The number of amides is 1. The van der Waals surface area contributed by atoms with Crippen LogP contribution in [0.1, 0.15) is 60.5 Å². The number of carbonyl (C=O) groups is 1. The highest BCUT2D eigenvalue weighted by Crippen LogP contribution is 2.25. The minimum atomic E-state index is -0.479. The third kappa shape index (κ3) is 4.27. The van der Waals surface area contributed by atoms with Crippen molar-refractivity contribution in [1.29, 1.82) is 0 Å². The Balaban J connectivity index is 1.66. The maximum absolute atomic E-state index is 12.7. The lowest BCUT2D eigenvalue weighted by Gasteiger charge is -2.21. The highest BCUT2D eigenvalue weighted by atomic mass is 16.5. The number of carbonyl (C=O) groups excluding carboxylic acids is 1. The number of ether oxygens (including phenoxy) is 1. The normalized spacial score (nSPS) is 15.2. The van der Waals surface area contributed by atoms with Gasteiger partial charge in [-0.2, -0.15) is 0 Å². The molecule has 1 aliphatic carbocycles. The van der Waals surface area contributed by atoms with Gasteiger partial charge < -0.3 is 10.1 Å². The number of rotatable bonds is 6. The van der Waals surface area contributed by atoms with Gasteiger partial charge in [-0.15, -0.1) is 0 Å². The number of fused-ring (bicyclic) bond motifs is 1. The topological polar surface area (TPSA) is 38.3 Å². The Morgan fingerprint density at radius 1 is 1.08 bits per heavy atom. The number of aryl methyl sites for hydroxylation is 4. The summed E-state index contributed by atoms with van der Waals surface area (Å²) in [7, 11) is 0. The van der Waals surface area contributed by atoms with E-state index in [1.54, 1.807) is 0 Å². The van der Waals surface area contributed by atoms with E-state index in [1.807, 2.05) is 39.8 Å². The van der Waals surface area contributed by atoms with Crippen molar-refractivity contribution in [2.45, 2.75) is 65.5 Å². The van der Waals surface area contributed by atoms with Crippen molar-refractivity contribution < 1.29 is 9.53 Å². The zero-order chi connectivity index (χ0) is 18.7. The molecule has 0 spiro atoms. The predicted molar refractivity (Wildman–Crippen MR) is 106 cm³/mol. The minimum absolute atomic E-state index is 0.0229. The van der Waals surface area contributed by atoms with Gasteiger partial charge in [-0.05, 0) is 86.4 Å². The third-order valence-electron chi connectivity index (χ3n) is 5.12. The average Bonchev–Trinajstić information content (AvgIpc) is 3.06. The highest BCUT2D eigenvalue weighted by molar-refractivity contribution is 5.81. The van der Waals surface area contributed by atoms with Crippen molar-refractivity contribution in [3.63, 3.8) is 0 Å². The molecule has 26 heavy (non-hydrogen) atoms. The molecule has 3 rings (SSSR count). The van der Waals surface area contributed by atoms with E-state index in [1.165, 1.54) is 29.5 Å². The van der Waals surface area contributed by atoms with Crippen LogP contribution >= 0.6 is 0 Å². The van der Waals surface area contributed by atoms with Crippen LogP contribution in [0.4, 0.5) is 0 Å². The summed E-state index contributed by atoms with van der Waals surface area (Å²) < 4.78 is 5.99. The van der Waals surface area contributed by atoms with Gasteiger partial charge in [0.2, 0.25) is 0 Å². The zero-order valence-corrected chi connectivity index (χ0v) is 16.3. The summed E-state index contributed by atoms with van der Waals surface area (Å²) in [5.74, 6) is 0.703. The van der Waals surface area contributed by atoms with E-state index in [-0.39, 0.29) is 11.9 Å². The smallest absolute Gasteiger partial charge is 0.261 e.